The normalized spacial score (nSPS) is 21.0. The van der Waals surface area contributed by atoms with Crippen molar-refractivity contribution in [2.45, 2.75) is 44.3 Å². The molecule has 0 saturated carbocycles. The van der Waals surface area contributed by atoms with E-state index < -0.39 is 0 Å². The largest absolute Gasteiger partial charge is 0.299 e. The maximum absolute atomic E-state index is 13.1. The number of hydrogen-bond acceptors (Lipinski definition) is 3. The van der Waals surface area contributed by atoms with Gasteiger partial charge in [-0.25, -0.2) is 4.39 Å². The fraction of sp³-hybridized carbons (Fsp3) is 0.476. The second kappa shape index (κ2) is 7.22. The average Bonchev–Trinajstić information content (AvgIpc) is 3.02. The van der Waals surface area contributed by atoms with Gasteiger partial charge in [0.15, 0.2) is 0 Å². The Hall–Kier alpha value is -1.78. The van der Waals surface area contributed by atoms with Crippen molar-refractivity contribution in [1.82, 2.24) is 14.8 Å². The molecule has 2 aliphatic rings. The molecule has 4 heteroatoms. The van der Waals surface area contributed by atoms with Crippen molar-refractivity contribution in [3.8, 4) is 0 Å². The minimum Gasteiger partial charge on any atom is -0.299 e. The van der Waals surface area contributed by atoms with E-state index in [-0.39, 0.29) is 5.82 Å². The summed E-state index contributed by atoms with van der Waals surface area (Å²) >= 11 is 0. The highest BCUT2D eigenvalue weighted by atomic mass is 19.1. The van der Waals surface area contributed by atoms with Crippen LogP contribution in [0.2, 0.25) is 0 Å². The zero-order chi connectivity index (χ0) is 17.1. The summed E-state index contributed by atoms with van der Waals surface area (Å²) in [5.41, 5.74) is 2.89. The molecule has 2 fully saturated rings. The molecule has 0 atom stereocenters. The lowest BCUT2D eigenvalue weighted by atomic mass is 9.84. The van der Waals surface area contributed by atoms with Crippen LogP contribution in [0.25, 0.3) is 0 Å². The van der Waals surface area contributed by atoms with Crippen LogP contribution < -0.4 is 0 Å². The summed E-state index contributed by atoms with van der Waals surface area (Å²) in [5, 5.41) is 0. The van der Waals surface area contributed by atoms with Gasteiger partial charge < -0.3 is 0 Å². The van der Waals surface area contributed by atoms with Crippen LogP contribution in [-0.4, -0.2) is 40.0 Å². The van der Waals surface area contributed by atoms with Crippen molar-refractivity contribution in [3.63, 3.8) is 0 Å². The van der Waals surface area contributed by atoms with Gasteiger partial charge >= 0.3 is 0 Å². The molecular formula is C21H26FN3. The predicted octanol–water partition coefficient (Wildman–Crippen LogP) is 3.85. The minimum atomic E-state index is -0.154. The molecule has 1 aromatic heterocycles. The molecule has 3 heterocycles. The van der Waals surface area contributed by atoms with Crippen LogP contribution in [0.15, 0.2) is 48.8 Å². The van der Waals surface area contributed by atoms with Crippen molar-refractivity contribution in [2.24, 2.45) is 0 Å². The van der Waals surface area contributed by atoms with Crippen molar-refractivity contribution in [1.29, 1.82) is 0 Å². The maximum atomic E-state index is 13.1. The highest BCUT2D eigenvalue weighted by molar-refractivity contribution is 5.16. The highest BCUT2D eigenvalue weighted by Crippen LogP contribution is 2.39. The number of aromatic nitrogens is 1. The van der Waals surface area contributed by atoms with E-state index >= 15 is 0 Å². The topological polar surface area (TPSA) is 19.4 Å². The van der Waals surface area contributed by atoms with Crippen LogP contribution in [0.5, 0.6) is 0 Å². The van der Waals surface area contributed by atoms with Crippen LogP contribution in [0, 0.1) is 5.82 Å². The molecule has 3 nitrogen and oxygen atoms in total. The monoisotopic (exact) mass is 339 g/mol. The van der Waals surface area contributed by atoms with E-state index in [1.807, 2.05) is 30.6 Å². The zero-order valence-electron chi connectivity index (χ0n) is 14.7. The van der Waals surface area contributed by atoms with Gasteiger partial charge in [-0.15, -0.1) is 0 Å². The van der Waals surface area contributed by atoms with Gasteiger partial charge in [-0.05, 0) is 61.6 Å². The summed E-state index contributed by atoms with van der Waals surface area (Å²) in [5.74, 6) is -0.154. The number of pyridine rings is 1. The third-order valence-corrected chi connectivity index (χ3v) is 5.94. The molecule has 1 aromatic carbocycles. The lowest BCUT2D eigenvalue weighted by Crippen LogP contribution is -2.51. The lowest BCUT2D eigenvalue weighted by molar-refractivity contribution is 0.0449. The number of nitrogens with zero attached hydrogens (tertiary/aromatic N) is 3. The summed E-state index contributed by atoms with van der Waals surface area (Å²) in [7, 11) is 0. The Balaban J connectivity index is 1.37. The molecule has 0 amide bonds. The van der Waals surface area contributed by atoms with Crippen LogP contribution >= 0.6 is 0 Å². The highest BCUT2D eigenvalue weighted by Gasteiger charge is 2.42. The molecule has 1 spiro atoms. The van der Waals surface area contributed by atoms with Crippen LogP contribution in [-0.2, 0) is 13.1 Å². The van der Waals surface area contributed by atoms with Gasteiger partial charge in [0, 0.05) is 44.1 Å². The summed E-state index contributed by atoms with van der Waals surface area (Å²) < 4.78 is 13.1. The Morgan fingerprint density at radius 2 is 1.72 bits per heavy atom. The molecule has 2 aromatic rings. The third-order valence-electron chi connectivity index (χ3n) is 5.94. The van der Waals surface area contributed by atoms with Crippen molar-refractivity contribution in [2.75, 3.05) is 19.6 Å². The first-order valence-corrected chi connectivity index (χ1v) is 9.34. The second-order valence-electron chi connectivity index (χ2n) is 7.51. The van der Waals surface area contributed by atoms with Gasteiger partial charge in [0.05, 0.1) is 0 Å². The fourth-order valence-corrected chi connectivity index (χ4v) is 4.49. The van der Waals surface area contributed by atoms with Gasteiger partial charge in [0.1, 0.15) is 5.82 Å². The van der Waals surface area contributed by atoms with E-state index in [1.165, 1.54) is 43.4 Å². The Morgan fingerprint density at radius 3 is 2.44 bits per heavy atom. The molecule has 0 aliphatic carbocycles. The zero-order valence-corrected chi connectivity index (χ0v) is 14.7. The summed E-state index contributed by atoms with van der Waals surface area (Å²) in [6.45, 7) is 5.40. The summed E-state index contributed by atoms with van der Waals surface area (Å²) in [6.07, 6.45) is 8.92. The SMILES string of the molecule is Fc1ccc(CN2CCC3(CCCN3Cc3cccnc3)CC2)cc1. The Morgan fingerprint density at radius 1 is 0.920 bits per heavy atom. The minimum absolute atomic E-state index is 0.154. The third kappa shape index (κ3) is 3.75. The molecule has 0 unspecified atom stereocenters. The van der Waals surface area contributed by atoms with Gasteiger partial charge in [0.25, 0.3) is 0 Å². The van der Waals surface area contributed by atoms with Crippen molar-refractivity contribution in [3.05, 3.63) is 65.7 Å². The number of rotatable bonds is 4. The number of likely N-dealkylation sites (tertiary alicyclic amines) is 2. The van der Waals surface area contributed by atoms with E-state index in [0.29, 0.717) is 5.54 Å². The first-order chi connectivity index (χ1) is 12.2. The molecule has 4 rings (SSSR count). The van der Waals surface area contributed by atoms with Gasteiger partial charge in [-0.1, -0.05) is 18.2 Å². The van der Waals surface area contributed by atoms with E-state index in [9.17, 15) is 4.39 Å². The summed E-state index contributed by atoms with van der Waals surface area (Å²) in [4.78, 5) is 9.47. The predicted molar refractivity (Wildman–Crippen MR) is 97.5 cm³/mol. The van der Waals surface area contributed by atoms with Gasteiger partial charge in [-0.3, -0.25) is 14.8 Å². The molecule has 0 radical (unpaired) electrons. The van der Waals surface area contributed by atoms with Crippen molar-refractivity contribution < 1.29 is 4.39 Å². The maximum Gasteiger partial charge on any atom is 0.123 e. The van der Waals surface area contributed by atoms with Gasteiger partial charge in [0.2, 0.25) is 0 Å². The number of piperidine rings is 1. The van der Waals surface area contributed by atoms with Crippen LogP contribution in [0.3, 0.4) is 0 Å². The molecule has 132 valence electrons. The molecular weight excluding hydrogens is 313 g/mol. The van der Waals surface area contributed by atoms with E-state index in [4.69, 9.17) is 0 Å². The van der Waals surface area contributed by atoms with Crippen LogP contribution in [0.4, 0.5) is 4.39 Å². The molecule has 2 saturated heterocycles. The molecule has 25 heavy (non-hydrogen) atoms. The Bertz CT molecular complexity index is 678. The fourth-order valence-electron chi connectivity index (χ4n) is 4.49. The molecule has 0 N–H and O–H groups in total. The van der Waals surface area contributed by atoms with Crippen LogP contribution in [0.1, 0.15) is 36.8 Å². The number of hydrogen-bond donors (Lipinski definition) is 0. The average molecular weight is 339 g/mol. The number of halogens is 1. The smallest absolute Gasteiger partial charge is 0.123 e. The lowest BCUT2D eigenvalue weighted by Gasteiger charge is -2.45. The van der Waals surface area contributed by atoms with Gasteiger partial charge in [-0.2, -0.15) is 0 Å². The molecule has 2 aliphatic heterocycles. The summed E-state index contributed by atoms with van der Waals surface area (Å²) in [6, 6.07) is 11.2. The first kappa shape index (κ1) is 16.7. The second-order valence-corrected chi connectivity index (χ2v) is 7.51. The molecule has 0 bridgehead atoms. The first-order valence-electron chi connectivity index (χ1n) is 9.34. The van der Waals surface area contributed by atoms with E-state index in [0.717, 1.165) is 26.2 Å². The standard InChI is InChI=1S/C21H26FN3/c22-20-6-4-18(5-7-20)16-24-13-9-21(10-14-24)8-2-12-25(21)17-19-3-1-11-23-15-19/h1,3-7,11,15H,2,8-10,12-14,16-17H2. The van der Waals surface area contributed by atoms with E-state index in [2.05, 4.69) is 20.9 Å². The Kier molecular flexibility index (Phi) is 4.82. The van der Waals surface area contributed by atoms with E-state index in [1.54, 1.807) is 12.1 Å². The Labute approximate surface area is 149 Å². The van der Waals surface area contributed by atoms with Crippen molar-refractivity contribution >= 4 is 0 Å². The number of benzene rings is 1. The quantitative estimate of drug-likeness (QED) is 0.843.